The molecule has 2 aliphatic heterocycles. The van der Waals surface area contributed by atoms with Crippen LogP contribution in [0.3, 0.4) is 0 Å². The number of rotatable bonds is 6. The van der Waals surface area contributed by atoms with Crippen molar-refractivity contribution in [1.82, 2.24) is 0 Å². The molecule has 0 saturated carbocycles. The fourth-order valence-corrected chi connectivity index (χ4v) is 5.01. The summed E-state index contributed by atoms with van der Waals surface area (Å²) in [6.45, 7) is 0.850. The van der Waals surface area contributed by atoms with Crippen molar-refractivity contribution in [3.8, 4) is 28.7 Å². The van der Waals surface area contributed by atoms with Crippen LogP contribution in [0.25, 0.3) is 0 Å². The Morgan fingerprint density at radius 3 is 2.34 bits per heavy atom. The van der Waals surface area contributed by atoms with Gasteiger partial charge in [0.25, 0.3) is 0 Å². The van der Waals surface area contributed by atoms with E-state index < -0.39 is 0 Å². The lowest BCUT2D eigenvalue weighted by atomic mass is 9.75. The van der Waals surface area contributed by atoms with E-state index in [4.69, 9.17) is 28.4 Å². The Bertz CT molecular complexity index is 1320. The Morgan fingerprint density at radius 1 is 0.914 bits per heavy atom. The second kappa shape index (κ2) is 8.58. The molecule has 0 unspecified atom stereocenters. The summed E-state index contributed by atoms with van der Waals surface area (Å²) in [7, 11) is 3.19. The van der Waals surface area contributed by atoms with Crippen molar-refractivity contribution in [3.05, 3.63) is 88.0 Å². The number of cyclic esters (lactones) is 1. The minimum atomic E-state index is -0.357. The van der Waals surface area contributed by atoms with Crippen LogP contribution >= 0.6 is 0 Å². The van der Waals surface area contributed by atoms with Gasteiger partial charge in [-0.3, -0.25) is 0 Å². The van der Waals surface area contributed by atoms with Crippen LogP contribution in [0, 0.1) is 0 Å². The Labute approximate surface area is 202 Å². The zero-order chi connectivity index (χ0) is 23.9. The van der Waals surface area contributed by atoms with Gasteiger partial charge in [-0.15, -0.1) is 0 Å². The van der Waals surface area contributed by atoms with E-state index in [1.807, 2.05) is 54.6 Å². The van der Waals surface area contributed by atoms with E-state index in [1.165, 1.54) is 0 Å². The summed E-state index contributed by atoms with van der Waals surface area (Å²) in [5.74, 6) is 2.29. The molecule has 0 spiro atoms. The maximum Gasteiger partial charge on any atom is 0.335 e. The molecule has 3 aliphatic rings. The largest absolute Gasteiger partial charge is 0.493 e. The fourth-order valence-electron chi connectivity index (χ4n) is 5.01. The molecule has 0 fully saturated rings. The van der Waals surface area contributed by atoms with Gasteiger partial charge in [-0.2, -0.15) is 0 Å². The zero-order valence-electron chi connectivity index (χ0n) is 19.5. The van der Waals surface area contributed by atoms with Gasteiger partial charge in [-0.1, -0.05) is 30.3 Å². The third-order valence-electron chi connectivity index (χ3n) is 6.66. The number of hydrogen-bond acceptors (Lipinski definition) is 7. The van der Waals surface area contributed by atoms with E-state index in [0.717, 1.165) is 33.6 Å². The highest BCUT2D eigenvalue weighted by atomic mass is 16.7. The number of ether oxygens (including phenoxy) is 6. The first-order valence-electron chi connectivity index (χ1n) is 11.4. The lowest BCUT2D eigenvalue weighted by Crippen LogP contribution is -2.18. The number of carbonyl (C=O) groups excluding carboxylic acids is 1. The van der Waals surface area contributed by atoms with Gasteiger partial charge < -0.3 is 28.4 Å². The molecule has 7 heteroatoms. The first kappa shape index (κ1) is 21.4. The van der Waals surface area contributed by atoms with Crippen LogP contribution in [-0.4, -0.2) is 33.6 Å². The highest BCUT2D eigenvalue weighted by Gasteiger charge is 2.40. The van der Waals surface area contributed by atoms with Gasteiger partial charge in [0.2, 0.25) is 12.5 Å². The van der Waals surface area contributed by atoms with Gasteiger partial charge >= 0.3 is 5.97 Å². The average molecular weight is 472 g/mol. The fraction of sp³-hybridized carbons (Fsp3) is 0.250. The van der Waals surface area contributed by atoms with E-state index in [1.54, 1.807) is 14.2 Å². The van der Waals surface area contributed by atoms with Gasteiger partial charge in [0.15, 0.2) is 23.0 Å². The molecular weight excluding hydrogens is 448 g/mol. The molecule has 6 rings (SSSR count). The Hall–Kier alpha value is -4.13. The van der Waals surface area contributed by atoms with Crippen molar-refractivity contribution in [3.63, 3.8) is 0 Å². The highest BCUT2D eigenvalue weighted by Crippen LogP contribution is 2.50. The predicted octanol–water partition coefficient (Wildman–Crippen LogP) is 4.55. The summed E-state index contributed by atoms with van der Waals surface area (Å²) < 4.78 is 34.3. The van der Waals surface area contributed by atoms with E-state index in [-0.39, 0.29) is 18.7 Å². The normalized spacial score (nSPS) is 17.5. The third kappa shape index (κ3) is 3.64. The molecule has 0 N–H and O–H groups in total. The number of benzene rings is 3. The van der Waals surface area contributed by atoms with Crippen LogP contribution in [-0.2, 0) is 22.6 Å². The maximum absolute atomic E-state index is 12.8. The van der Waals surface area contributed by atoms with Crippen LogP contribution in [0.4, 0.5) is 0 Å². The zero-order valence-corrected chi connectivity index (χ0v) is 19.5. The number of hydrogen-bond donors (Lipinski definition) is 0. The molecule has 0 saturated heterocycles. The molecule has 0 bridgehead atoms. The minimum Gasteiger partial charge on any atom is -0.493 e. The molecule has 178 valence electrons. The summed E-state index contributed by atoms with van der Waals surface area (Å²) >= 11 is 0. The molecule has 35 heavy (non-hydrogen) atoms. The second-order valence-electron chi connectivity index (χ2n) is 8.64. The SMILES string of the molecule is COc1cc([C@H]2C3=C(COC3=O)Cc3cc4c(cc32)OCO4)cc(OC)c1OCc1ccccc1. The Balaban J connectivity index is 1.45. The summed E-state index contributed by atoms with van der Waals surface area (Å²) in [6, 6.07) is 17.7. The Kier molecular flexibility index (Phi) is 5.25. The first-order valence-corrected chi connectivity index (χ1v) is 11.4. The highest BCUT2D eigenvalue weighted by molar-refractivity contribution is 5.95. The van der Waals surface area contributed by atoms with Gasteiger partial charge in [0.05, 0.1) is 19.8 Å². The maximum atomic E-state index is 12.8. The van der Waals surface area contributed by atoms with E-state index >= 15 is 0 Å². The lowest BCUT2D eigenvalue weighted by Gasteiger charge is -2.27. The quantitative estimate of drug-likeness (QED) is 0.487. The van der Waals surface area contributed by atoms with Gasteiger partial charge in [-0.25, -0.2) is 4.79 Å². The van der Waals surface area contributed by atoms with Crippen molar-refractivity contribution in [2.45, 2.75) is 18.9 Å². The molecule has 1 aliphatic carbocycles. The Morgan fingerprint density at radius 2 is 1.63 bits per heavy atom. The molecule has 3 aromatic rings. The van der Waals surface area contributed by atoms with Crippen molar-refractivity contribution in [2.24, 2.45) is 0 Å². The molecule has 2 heterocycles. The topological polar surface area (TPSA) is 72.5 Å². The van der Waals surface area contributed by atoms with E-state index in [2.05, 4.69) is 0 Å². The molecule has 0 amide bonds. The van der Waals surface area contributed by atoms with Crippen LogP contribution in [0.15, 0.2) is 65.7 Å². The number of esters is 1. The summed E-state index contributed by atoms with van der Waals surface area (Å²) in [4.78, 5) is 12.8. The van der Waals surface area contributed by atoms with Crippen LogP contribution < -0.4 is 23.7 Å². The second-order valence-corrected chi connectivity index (χ2v) is 8.64. The van der Waals surface area contributed by atoms with Crippen molar-refractivity contribution < 1.29 is 33.2 Å². The molecule has 0 radical (unpaired) electrons. The van der Waals surface area contributed by atoms with Crippen molar-refractivity contribution in [1.29, 1.82) is 0 Å². The van der Waals surface area contributed by atoms with Crippen molar-refractivity contribution >= 4 is 5.97 Å². The summed E-state index contributed by atoms with van der Waals surface area (Å²) in [6.07, 6.45) is 0.635. The standard InChI is InChI=1S/C28H24O7/c1-30-23-10-18(11-24(31-2)27(23)32-13-16-6-4-3-5-7-16)25-20-12-22-21(34-15-35-22)9-17(20)8-19-14-33-28(29)26(19)25/h3-7,9-12,25H,8,13-15H2,1-2H3/t25-/m1/s1. The third-order valence-corrected chi connectivity index (χ3v) is 6.66. The molecule has 1 atom stereocenters. The van der Waals surface area contributed by atoms with Crippen molar-refractivity contribution in [2.75, 3.05) is 27.6 Å². The van der Waals surface area contributed by atoms with Crippen LogP contribution in [0.2, 0.25) is 0 Å². The van der Waals surface area contributed by atoms with E-state index in [9.17, 15) is 4.79 Å². The van der Waals surface area contributed by atoms with Gasteiger partial charge in [0, 0.05) is 5.92 Å². The predicted molar refractivity (Wildman–Crippen MR) is 126 cm³/mol. The molecule has 7 nitrogen and oxygen atoms in total. The van der Waals surface area contributed by atoms with Gasteiger partial charge in [-0.05, 0) is 58.5 Å². The monoisotopic (exact) mass is 472 g/mol. The average Bonchev–Trinajstić information content (AvgIpc) is 3.50. The number of fused-ring (bicyclic) bond motifs is 2. The number of carbonyl (C=O) groups is 1. The smallest absolute Gasteiger partial charge is 0.335 e. The summed E-state index contributed by atoms with van der Waals surface area (Å²) in [5, 5.41) is 0. The van der Waals surface area contributed by atoms with Gasteiger partial charge in [0.1, 0.15) is 13.2 Å². The van der Waals surface area contributed by atoms with E-state index in [0.29, 0.717) is 48.2 Å². The summed E-state index contributed by atoms with van der Waals surface area (Å²) in [5.41, 5.74) is 5.58. The lowest BCUT2D eigenvalue weighted by molar-refractivity contribution is -0.136. The first-order chi connectivity index (χ1) is 17.2. The molecule has 3 aromatic carbocycles. The van der Waals surface area contributed by atoms with Crippen LogP contribution in [0.5, 0.6) is 28.7 Å². The molecular formula is C28H24O7. The minimum absolute atomic E-state index is 0.188. The van der Waals surface area contributed by atoms with Crippen LogP contribution in [0.1, 0.15) is 28.2 Å². The molecule has 0 aromatic heterocycles. The number of methoxy groups -OCH3 is 2.